The number of rotatable bonds is 6. The first-order chi connectivity index (χ1) is 9.24. The number of hydrogen-bond acceptors (Lipinski definition) is 3. The van der Waals surface area contributed by atoms with Crippen LogP contribution in [0.2, 0.25) is 0 Å². The molecule has 1 amide bonds. The maximum atomic E-state index is 11.9. The van der Waals surface area contributed by atoms with Crippen LogP contribution in [0.4, 0.5) is 5.69 Å². The van der Waals surface area contributed by atoms with Crippen molar-refractivity contribution in [1.82, 2.24) is 5.32 Å². The molecule has 0 aliphatic rings. The standard InChI is InChI=1S/C13H19IN2O3S/c1-4-10(2)15-13(17)9-16(20(3,18)19)12-7-5-11(14)6-8-12/h5-8,10H,4,9H2,1-3H3,(H,15,17)/t10-/m0/s1. The lowest BCUT2D eigenvalue weighted by Gasteiger charge is -2.23. The highest BCUT2D eigenvalue weighted by atomic mass is 127. The fourth-order valence-electron chi connectivity index (χ4n) is 1.56. The summed E-state index contributed by atoms with van der Waals surface area (Å²) in [5, 5.41) is 2.77. The lowest BCUT2D eigenvalue weighted by atomic mass is 10.2. The Bertz CT molecular complexity index is 557. The predicted molar refractivity (Wildman–Crippen MR) is 89.2 cm³/mol. The summed E-state index contributed by atoms with van der Waals surface area (Å²) in [6, 6.07) is 7.03. The fraction of sp³-hybridized carbons (Fsp3) is 0.462. The number of sulfonamides is 1. The number of nitrogens with one attached hydrogen (secondary N) is 1. The summed E-state index contributed by atoms with van der Waals surface area (Å²) in [7, 11) is -3.50. The van der Waals surface area contributed by atoms with Crippen molar-refractivity contribution in [3.05, 3.63) is 27.8 Å². The van der Waals surface area contributed by atoms with Crippen molar-refractivity contribution in [3.8, 4) is 0 Å². The largest absolute Gasteiger partial charge is 0.352 e. The first-order valence-corrected chi connectivity index (χ1v) is 9.19. The number of benzene rings is 1. The summed E-state index contributed by atoms with van der Waals surface area (Å²) < 4.78 is 25.8. The normalized spacial score (nSPS) is 12.8. The zero-order valence-corrected chi connectivity index (χ0v) is 14.7. The molecular weight excluding hydrogens is 391 g/mol. The third kappa shape index (κ3) is 5.28. The molecule has 0 aliphatic carbocycles. The average molecular weight is 410 g/mol. The van der Waals surface area contributed by atoms with Gasteiger partial charge in [-0.05, 0) is 60.2 Å². The van der Waals surface area contributed by atoms with E-state index in [4.69, 9.17) is 0 Å². The molecular formula is C13H19IN2O3S. The minimum Gasteiger partial charge on any atom is -0.352 e. The highest BCUT2D eigenvalue weighted by Gasteiger charge is 2.21. The van der Waals surface area contributed by atoms with Crippen LogP contribution in [0, 0.1) is 3.57 Å². The van der Waals surface area contributed by atoms with Crippen LogP contribution in [-0.2, 0) is 14.8 Å². The number of anilines is 1. The van der Waals surface area contributed by atoms with Gasteiger partial charge in [-0.25, -0.2) is 8.42 Å². The Hall–Kier alpha value is -0.830. The van der Waals surface area contributed by atoms with Crippen molar-refractivity contribution in [1.29, 1.82) is 0 Å². The van der Waals surface area contributed by atoms with Crippen LogP contribution < -0.4 is 9.62 Å². The number of amides is 1. The summed E-state index contributed by atoms with van der Waals surface area (Å²) in [5.74, 6) is -0.302. The first-order valence-electron chi connectivity index (χ1n) is 6.26. The number of carbonyl (C=O) groups excluding carboxylic acids is 1. The summed E-state index contributed by atoms with van der Waals surface area (Å²) in [4.78, 5) is 11.9. The summed E-state index contributed by atoms with van der Waals surface area (Å²) >= 11 is 2.14. The van der Waals surface area contributed by atoms with E-state index >= 15 is 0 Å². The van der Waals surface area contributed by atoms with Crippen LogP contribution in [0.15, 0.2) is 24.3 Å². The SMILES string of the molecule is CC[C@H](C)NC(=O)CN(c1ccc(I)cc1)S(C)(=O)=O. The molecule has 0 spiro atoms. The smallest absolute Gasteiger partial charge is 0.240 e. The number of hydrogen-bond donors (Lipinski definition) is 1. The van der Waals surface area contributed by atoms with Gasteiger partial charge in [0.2, 0.25) is 15.9 Å². The number of halogens is 1. The van der Waals surface area contributed by atoms with Gasteiger partial charge in [0.05, 0.1) is 11.9 Å². The summed E-state index contributed by atoms with van der Waals surface area (Å²) in [6.07, 6.45) is 1.90. The van der Waals surface area contributed by atoms with Gasteiger partial charge < -0.3 is 5.32 Å². The molecule has 112 valence electrons. The quantitative estimate of drug-likeness (QED) is 0.730. The van der Waals surface area contributed by atoms with Gasteiger partial charge in [-0.15, -0.1) is 0 Å². The molecule has 0 fully saturated rings. The molecule has 0 radical (unpaired) electrons. The molecule has 20 heavy (non-hydrogen) atoms. The monoisotopic (exact) mass is 410 g/mol. The van der Waals surface area contributed by atoms with Crippen LogP contribution in [0.25, 0.3) is 0 Å². The third-order valence-corrected chi connectivity index (χ3v) is 4.68. The van der Waals surface area contributed by atoms with Gasteiger partial charge in [-0.3, -0.25) is 9.10 Å². The van der Waals surface area contributed by atoms with E-state index < -0.39 is 10.0 Å². The van der Waals surface area contributed by atoms with Crippen LogP contribution in [0.1, 0.15) is 20.3 Å². The molecule has 1 aromatic rings. The second-order valence-electron chi connectivity index (χ2n) is 4.62. The van der Waals surface area contributed by atoms with E-state index in [1.807, 2.05) is 13.8 Å². The van der Waals surface area contributed by atoms with Gasteiger partial charge in [-0.2, -0.15) is 0 Å². The average Bonchev–Trinajstić information content (AvgIpc) is 2.36. The van der Waals surface area contributed by atoms with Gasteiger partial charge in [0, 0.05) is 9.61 Å². The van der Waals surface area contributed by atoms with Crippen LogP contribution in [-0.4, -0.2) is 33.2 Å². The third-order valence-electron chi connectivity index (χ3n) is 2.82. The molecule has 0 aromatic heterocycles. The Morgan fingerprint density at radius 3 is 2.35 bits per heavy atom. The lowest BCUT2D eigenvalue weighted by Crippen LogP contribution is -2.43. The zero-order chi connectivity index (χ0) is 15.3. The van der Waals surface area contributed by atoms with E-state index in [-0.39, 0.29) is 18.5 Å². The maximum absolute atomic E-state index is 11.9. The van der Waals surface area contributed by atoms with Crippen molar-refractivity contribution in [2.45, 2.75) is 26.3 Å². The number of carbonyl (C=O) groups is 1. The second-order valence-corrected chi connectivity index (χ2v) is 7.78. The van der Waals surface area contributed by atoms with Crippen molar-refractivity contribution >= 4 is 44.2 Å². The molecule has 7 heteroatoms. The Morgan fingerprint density at radius 2 is 1.90 bits per heavy atom. The van der Waals surface area contributed by atoms with Crippen LogP contribution >= 0.6 is 22.6 Å². The van der Waals surface area contributed by atoms with Crippen LogP contribution in [0.5, 0.6) is 0 Å². The van der Waals surface area contributed by atoms with Gasteiger partial charge in [0.1, 0.15) is 6.54 Å². The van der Waals surface area contributed by atoms with E-state index in [1.165, 1.54) is 0 Å². The first kappa shape index (κ1) is 17.2. The Morgan fingerprint density at radius 1 is 1.35 bits per heavy atom. The minimum atomic E-state index is -3.50. The number of nitrogens with zero attached hydrogens (tertiary/aromatic N) is 1. The van der Waals surface area contributed by atoms with E-state index in [0.717, 1.165) is 20.6 Å². The van der Waals surface area contributed by atoms with Crippen LogP contribution in [0.3, 0.4) is 0 Å². The zero-order valence-electron chi connectivity index (χ0n) is 11.8. The van der Waals surface area contributed by atoms with E-state index in [9.17, 15) is 13.2 Å². The Kier molecular flexibility index (Phi) is 6.25. The molecule has 0 heterocycles. The highest BCUT2D eigenvalue weighted by molar-refractivity contribution is 14.1. The second kappa shape index (κ2) is 7.26. The van der Waals surface area contributed by atoms with Gasteiger partial charge >= 0.3 is 0 Å². The molecule has 1 atom stereocenters. The summed E-state index contributed by atoms with van der Waals surface area (Å²) in [6.45, 7) is 3.63. The topological polar surface area (TPSA) is 66.5 Å². The lowest BCUT2D eigenvalue weighted by molar-refractivity contribution is -0.120. The Labute approximate surface area is 133 Å². The highest BCUT2D eigenvalue weighted by Crippen LogP contribution is 2.18. The molecule has 0 aliphatic heterocycles. The van der Waals surface area contributed by atoms with Crippen molar-refractivity contribution in [3.63, 3.8) is 0 Å². The minimum absolute atomic E-state index is 0.0284. The predicted octanol–water partition coefficient (Wildman–Crippen LogP) is 1.97. The molecule has 0 saturated heterocycles. The van der Waals surface area contributed by atoms with Crippen molar-refractivity contribution in [2.75, 3.05) is 17.1 Å². The molecule has 0 saturated carbocycles. The fourth-order valence-corrected chi connectivity index (χ4v) is 2.78. The molecule has 5 nitrogen and oxygen atoms in total. The van der Waals surface area contributed by atoms with E-state index in [0.29, 0.717) is 5.69 Å². The maximum Gasteiger partial charge on any atom is 0.240 e. The molecule has 1 aromatic carbocycles. The summed E-state index contributed by atoms with van der Waals surface area (Å²) in [5.41, 5.74) is 0.493. The molecule has 0 bridgehead atoms. The van der Waals surface area contributed by atoms with Gasteiger partial charge in [-0.1, -0.05) is 6.92 Å². The van der Waals surface area contributed by atoms with E-state index in [1.54, 1.807) is 24.3 Å². The van der Waals surface area contributed by atoms with Crippen molar-refractivity contribution < 1.29 is 13.2 Å². The molecule has 1 N–H and O–H groups in total. The van der Waals surface area contributed by atoms with Gasteiger partial charge in [0.15, 0.2) is 0 Å². The molecule has 0 unspecified atom stereocenters. The Balaban J connectivity index is 2.92. The molecule has 1 rings (SSSR count). The van der Waals surface area contributed by atoms with E-state index in [2.05, 4.69) is 27.9 Å². The van der Waals surface area contributed by atoms with Crippen molar-refractivity contribution in [2.24, 2.45) is 0 Å². The van der Waals surface area contributed by atoms with Gasteiger partial charge in [0.25, 0.3) is 0 Å².